The molecule has 2 heterocycles. The Balaban J connectivity index is 1.56. The zero-order valence-corrected chi connectivity index (χ0v) is 19.6. The van der Waals surface area contributed by atoms with E-state index in [-0.39, 0.29) is 5.91 Å². The number of benzene rings is 2. The van der Waals surface area contributed by atoms with Crippen LogP contribution < -0.4 is 10.1 Å². The topological polar surface area (TPSA) is 69.0 Å². The minimum absolute atomic E-state index is 0.134. The van der Waals surface area contributed by atoms with E-state index in [0.717, 1.165) is 52.2 Å². The smallest absolute Gasteiger partial charge is 0.252 e. The molecule has 0 atom stereocenters. The number of hydrogen-bond acceptors (Lipinski definition) is 4. The van der Waals surface area contributed by atoms with Gasteiger partial charge >= 0.3 is 0 Å². The molecular weight excluding hydrogens is 436 g/mol. The first-order valence-electron chi connectivity index (χ1n) is 11.0. The normalized spacial score (nSPS) is 13.3. The van der Waals surface area contributed by atoms with Gasteiger partial charge in [0.15, 0.2) is 5.65 Å². The monoisotopic (exact) mass is 460 g/mol. The Morgan fingerprint density at radius 1 is 1.18 bits per heavy atom. The molecule has 0 radical (unpaired) electrons. The molecule has 0 bridgehead atoms. The predicted octanol–water partition coefficient (Wildman–Crippen LogP) is 5.51. The van der Waals surface area contributed by atoms with Crippen LogP contribution in [0.3, 0.4) is 0 Å². The van der Waals surface area contributed by atoms with Crippen LogP contribution in [0.4, 0.5) is 0 Å². The summed E-state index contributed by atoms with van der Waals surface area (Å²) < 4.78 is 7.03. The van der Waals surface area contributed by atoms with E-state index in [2.05, 4.69) is 5.32 Å². The summed E-state index contributed by atoms with van der Waals surface area (Å²) in [7, 11) is 1.64. The molecule has 0 saturated heterocycles. The maximum Gasteiger partial charge on any atom is 0.252 e. The molecule has 1 aliphatic rings. The van der Waals surface area contributed by atoms with Crippen LogP contribution in [0.1, 0.15) is 51.6 Å². The van der Waals surface area contributed by atoms with Gasteiger partial charge in [-0.1, -0.05) is 29.8 Å². The third-order valence-electron chi connectivity index (χ3n) is 6.15. The van der Waals surface area contributed by atoms with Crippen molar-refractivity contribution in [2.45, 2.75) is 39.2 Å². The molecule has 0 spiro atoms. The van der Waals surface area contributed by atoms with E-state index in [1.54, 1.807) is 7.11 Å². The molecule has 1 fully saturated rings. The number of rotatable bonds is 6. The lowest BCUT2D eigenvalue weighted by molar-refractivity contribution is 0.0952. The number of nitrogens with one attached hydrogen (secondary N) is 1. The number of aryl methyl sites for hydroxylation is 1. The Bertz CT molecular complexity index is 1360. The van der Waals surface area contributed by atoms with Crippen LogP contribution in [0.5, 0.6) is 5.75 Å². The third kappa shape index (κ3) is 4.07. The van der Waals surface area contributed by atoms with Crippen LogP contribution in [0.25, 0.3) is 16.7 Å². The maximum absolute atomic E-state index is 13.3. The Hall–Kier alpha value is -3.38. The maximum atomic E-state index is 13.3. The van der Waals surface area contributed by atoms with Crippen molar-refractivity contribution >= 4 is 28.5 Å². The zero-order chi connectivity index (χ0) is 23.1. The Morgan fingerprint density at radius 3 is 2.64 bits per heavy atom. The van der Waals surface area contributed by atoms with Gasteiger partial charge in [0.25, 0.3) is 5.91 Å². The molecule has 2 aromatic heterocycles. The molecule has 1 amide bonds. The quantitative estimate of drug-likeness (QED) is 0.412. The van der Waals surface area contributed by atoms with Crippen LogP contribution in [-0.4, -0.2) is 27.8 Å². The minimum Gasteiger partial charge on any atom is -0.497 e. The van der Waals surface area contributed by atoms with E-state index in [1.165, 1.54) is 0 Å². The van der Waals surface area contributed by atoms with Crippen molar-refractivity contribution in [1.29, 1.82) is 0 Å². The van der Waals surface area contributed by atoms with Crippen molar-refractivity contribution in [3.05, 3.63) is 81.6 Å². The highest BCUT2D eigenvalue weighted by Crippen LogP contribution is 2.41. The summed E-state index contributed by atoms with van der Waals surface area (Å²) in [4.78, 5) is 18.3. The summed E-state index contributed by atoms with van der Waals surface area (Å²) in [5.41, 5.74) is 5.79. The second-order valence-corrected chi connectivity index (χ2v) is 8.89. The number of hydrogen-bond donors (Lipinski definition) is 1. The molecule has 5 rings (SSSR count). The lowest BCUT2D eigenvalue weighted by Crippen LogP contribution is -2.23. The van der Waals surface area contributed by atoms with Crippen LogP contribution >= 0.6 is 11.6 Å². The van der Waals surface area contributed by atoms with Gasteiger partial charge in [-0.3, -0.25) is 4.79 Å². The second-order valence-electron chi connectivity index (χ2n) is 8.48. The molecule has 4 aromatic rings. The number of halogens is 1. The SMILES string of the molecule is COc1ccc(CNC(=O)c2cc(C3CC3)nc3c2c(C)nn3-c2cccc(Cl)c2C)cc1. The average Bonchev–Trinajstić information content (AvgIpc) is 3.63. The fourth-order valence-corrected chi connectivity index (χ4v) is 4.26. The van der Waals surface area contributed by atoms with E-state index in [0.29, 0.717) is 28.7 Å². The molecule has 1 saturated carbocycles. The van der Waals surface area contributed by atoms with E-state index in [4.69, 9.17) is 26.4 Å². The van der Waals surface area contributed by atoms with Crippen LogP contribution in [0.15, 0.2) is 48.5 Å². The first-order valence-corrected chi connectivity index (χ1v) is 11.4. The fourth-order valence-electron chi connectivity index (χ4n) is 4.09. The number of carbonyl (C=O) groups is 1. The highest BCUT2D eigenvalue weighted by atomic mass is 35.5. The minimum atomic E-state index is -0.134. The van der Waals surface area contributed by atoms with Crippen molar-refractivity contribution in [3.8, 4) is 11.4 Å². The number of fused-ring (bicyclic) bond motifs is 1. The number of amides is 1. The summed E-state index contributed by atoms with van der Waals surface area (Å²) in [6.07, 6.45) is 2.18. The van der Waals surface area contributed by atoms with E-state index >= 15 is 0 Å². The first kappa shape index (κ1) is 21.5. The molecule has 7 heteroatoms. The highest BCUT2D eigenvalue weighted by Gasteiger charge is 2.29. The first-order chi connectivity index (χ1) is 16.0. The average molecular weight is 461 g/mol. The highest BCUT2D eigenvalue weighted by molar-refractivity contribution is 6.31. The van der Waals surface area contributed by atoms with Crippen LogP contribution in [-0.2, 0) is 6.54 Å². The fraction of sp³-hybridized carbons (Fsp3) is 0.269. The summed E-state index contributed by atoms with van der Waals surface area (Å²) in [5.74, 6) is 1.05. The molecule has 1 aliphatic carbocycles. The van der Waals surface area contributed by atoms with Gasteiger partial charge < -0.3 is 10.1 Å². The lowest BCUT2D eigenvalue weighted by atomic mass is 10.1. The molecule has 6 nitrogen and oxygen atoms in total. The van der Waals surface area contributed by atoms with Gasteiger partial charge in [-0.2, -0.15) is 5.10 Å². The number of carbonyl (C=O) groups excluding carboxylic acids is 1. The molecule has 0 aliphatic heterocycles. The van der Waals surface area contributed by atoms with Crippen molar-refractivity contribution in [1.82, 2.24) is 20.1 Å². The standard InChI is InChI=1S/C26H25ClN4O2/c1-15-21(27)5-4-6-23(15)31-25-24(16(2)30-31)20(13-22(29-25)18-9-10-18)26(32)28-14-17-7-11-19(33-3)12-8-17/h4-8,11-13,18H,9-10,14H2,1-3H3,(H,28,32). The van der Waals surface area contributed by atoms with Crippen molar-refractivity contribution < 1.29 is 9.53 Å². The van der Waals surface area contributed by atoms with Gasteiger partial charge in [-0.25, -0.2) is 9.67 Å². The van der Waals surface area contributed by atoms with Crippen molar-refractivity contribution in [2.24, 2.45) is 0 Å². The number of ether oxygens (including phenoxy) is 1. The molecular formula is C26H25ClN4O2. The third-order valence-corrected chi connectivity index (χ3v) is 6.56. The van der Waals surface area contributed by atoms with Crippen molar-refractivity contribution in [3.63, 3.8) is 0 Å². The van der Waals surface area contributed by atoms with Crippen molar-refractivity contribution in [2.75, 3.05) is 7.11 Å². The van der Waals surface area contributed by atoms with Gasteiger partial charge in [-0.05, 0) is 68.1 Å². The van der Waals surface area contributed by atoms with Gasteiger partial charge in [0.1, 0.15) is 5.75 Å². The molecule has 0 unspecified atom stereocenters. The van der Waals surface area contributed by atoms with Gasteiger partial charge in [0.05, 0.1) is 29.4 Å². The van der Waals surface area contributed by atoms with Gasteiger partial charge in [0.2, 0.25) is 0 Å². The number of methoxy groups -OCH3 is 1. The predicted molar refractivity (Wildman–Crippen MR) is 129 cm³/mol. The van der Waals surface area contributed by atoms with E-state index in [9.17, 15) is 4.79 Å². The van der Waals surface area contributed by atoms with Gasteiger partial charge in [-0.15, -0.1) is 0 Å². The van der Waals surface area contributed by atoms with Crippen LogP contribution in [0.2, 0.25) is 5.02 Å². The molecule has 33 heavy (non-hydrogen) atoms. The summed E-state index contributed by atoms with van der Waals surface area (Å²) in [5, 5.41) is 9.27. The lowest BCUT2D eigenvalue weighted by Gasteiger charge is -2.11. The number of aromatic nitrogens is 3. The number of pyridine rings is 1. The largest absolute Gasteiger partial charge is 0.497 e. The zero-order valence-electron chi connectivity index (χ0n) is 18.9. The summed E-state index contributed by atoms with van der Waals surface area (Å²) >= 11 is 6.38. The number of nitrogens with zero attached hydrogens (tertiary/aromatic N) is 3. The van der Waals surface area contributed by atoms with E-state index < -0.39 is 0 Å². The Kier molecular flexibility index (Phi) is 5.54. The van der Waals surface area contributed by atoms with Crippen LogP contribution in [0, 0.1) is 13.8 Å². The Morgan fingerprint density at radius 2 is 1.94 bits per heavy atom. The Labute approximate surface area is 197 Å². The molecule has 2 aromatic carbocycles. The molecule has 168 valence electrons. The van der Waals surface area contributed by atoms with Gasteiger partial charge in [0, 0.05) is 23.2 Å². The second kappa shape index (κ2) is 8.52. The summed E-state index contributed by atoms with van der Waals surface area (Å²) in [6.45, 7) is 4.30. The summed E-state index contributed by atoms with van der Waals surface area (Å²) in [6, 6.07) is 15.3. The molecule has 1 N–H and O–H groups in total. The van der Waals surface area contributed by atoms with E-state index in [1.807, 2.05) is 67.1 Å².